The van der Waals surface area contributed by atoms with E-state index in [9.17, 15) is 4.79 Å². The molecule has 2 aromatic carbocycles. The number of rotatable bonds is 4. The number of amides is 1. The molecule has 3 nitrogen and oxygen atoms in total. The average Bonchev–Trinajstić information content (AvgIpc) is 2.90. The number of fused-ring (bicyclic) bond motifs is 1. The topological polar surface area (TPSA) is 25.2 Å². The van der Waals surface area contributed by atoms with E-state index in [1.54, 1.807) is 0 Å². The molecule has 4 heteroatoms. The minimum Gasteiger partial charge on any atom is -0.338 e. The van der Waals surface area contributed by atoms with Crippen molar-refractivity contribution in [3.63, 3.8) is 0 Å². The third-order valence-corrected chi connectivity index (χ3v) is 4.20. The van der Waals surface area contributed by atoms with Crippen molar-refractivity contribution in [3.8, 4) is 0 Å². The van der Waals surface area contributed by atoms with Crippen molar-refractivity contribution in [2.45, 2.75) is 20.4 Å². The molecule has 3 aromatic rings. The summed E-state index contributed by atoms with van der Waals surface area (Å²) in [6.07, 6.45) is 1.93. The maximum Gasteiger partial charge on any atom is 0.246 e. The van der Waals surface area contributed by atoms with Gasteiger partial charge in [0, 0.05) is 34.4 Å². The predicted octanol–water partition coefficient (Wildman–Crippen LogP) is 4.66. The van der Waals surface area contributed by atoms with Gasteiger partial charge in [-0.1, -0.05) is 23.7 Å². The summed E-state index contributed by atoms with van der Waals surface area (Å²) in [5.74, 6) is 0.0746. The summed E-state index contributed by atoms with van der Waals surface area (Å²) < 4.78 is 1.96. The Morgan fingerprint density at radius 2 is 2.00 bits per heavy atom. The maximum absolute atomic E-state index is 12.7. The molecule has 0 bridgehead atoms. The minimum absolute atomic E-state index is 0.0746. The van der Waals surface area contributed by atoms with Gasteiger partial charge in [-0.25, -0.2) is 0 Å². The van der Waals surface area contributed by atoms with Crippen LogP contribution in [-0.4, -0.2) is 17.0 Å². The molecule has 0 fully saturated rings. The number of nitrogens with zero attached hydrogens (tertiary/aromatic N) is 2. The van der Waals surface area contributed by atoms with Crippen LogP contribution in [0.4, 0.5) is 5.69 Å². The van der Waals surface area contributed by atoms with Crippen molar-refractivity contribution in [2.75, 3.05) is 11.4 Å². The van der Waals surface area contributed by atoms with Gasteiger partial charge in [-0.2, -0.15) is 0 Å². The lowest BCUT2D eigenvalue weighted by atomic mass is 10.2. The fourth-order valence-corrected chi connectivity index (χ4v) is 3.02. The molecule has 0 N–H and O–H groups in total. The second-order valence-electron chi connectivity index (χ2n) is 5.62. The van der Waals surface area contributed by atoms with Gasteiger partial charge >= 0.3 is 0 Å². The highest BCUT2D eigenvalue weighted by Gasteiger charge is 2.15. The Kier molecular flexibility index (Phi) is 4.39. The van der Waals surface area contributed by atoms with Crippen LogP contribution in [0.25, 0.3) is 10.9 Å². The molecule has 3 rings (SSSR count). The molecular weight excluding hydrogens is 308 g/mol. The van der Waals surface area contributed by atoms with Crippen LogP contribution < -0.4 is 4.90 Å². The summed E-state index contributed by atoms with van der Waals surface area (Å²) in [6.45, 7) is 4.99. The summed E-state index contributed by atoms with van der Waals surface area (Å²) >= 11 is 6.02. The lowest BCUT2D eigenvalue weighted by Gasteiger charge is -2.22. The number of hydrogen-bond donors (Lipinski definition) is 0. The Hall–Kier alpha value is -2.26. The van der Waals surface area contributed by atoms with E-state index in [0.717, 1.165) is 22.2 Å². The summed E-state index contributed by atoms with van der Waals surface area (Å²) in [6, 6.07) is 15.7. The normalized spacial score (nSPS) is 10.9. The zero-order valence-electron chi connectivity index (χ0n) is 13.3. The van der Waals surface area contributed by atoms with Crippen molar-refractivity contribution in [3.05, 3.63) is 65.3 Å². The number of anilines is 1. The van der Waals surface area contributed by atoms with E-state index >= 15 is 0 Å². The van der Waals surface area contributed by atoms with Crippen LogP contribution in [0, 0.1) is 6.92 Å². The first-order valence-corrected chi connectivity index (χ1v) is 8.07. The van der Waals surface area contributed by atoms with Gasteiger partial charge in [0.2, 0.25) is 5.91 Å². The number of likely N-dealkylation sites (N-methyl/N-ethyl adjacent to an activating group) is 1. The first-order chi connectivity index (χ1) is 11.1. The largest absolute Gasteiger partial charge is 0.338 e. The third-order valence-electron chi connectivity index (χ3n) is 3.97. The average molecular weight is 327 g/mol. The van der Waals surface area contributed by atoms with Crippen molar-refractivity contribution in [2.24, 2.45) is 0 Å². The van der Waals surface area contributed by atoms with Gasteiger partial charge in [-0.3, -0.25) is 4.79 Å². The Morgan fingerprint density at radius 3 is 2.74 bits per heavy atom. The number of benzene rings is 2. The fourth-order valence-electron chi connectivity index (χ4n) is 2.84. The zero-order valence-corrected chi connectivity index (χ0v) is 14.0. The fraction of sp³-hybridized carbons (Fsp3) is 0.211. The molecule has 118 valence electrons. The Balaban J connectivity index is 1.87. The summed E-state index contributed by atoms with van der Waals surface area (Å²) in [5, 5.41) is 1.75. The van der Waals surface area contributed by atoms with E-state index in [0.29, 0.717) is 18.1 Å². The third kappa shape index (κ3) is 3.25. The van der Waals surface area contributed by atoms with Crippen LogP contribution in [-0.2, 0) is 11.3 Å². The van der Waals surface area contributed by atoms with Crippen molar-refractivity contribution >= 4 is 34.1 Å². The molecule has 0 aliphatic heterocycles. The number of carbonyl (C=O) groups excluding carboxylic acids is 1. The highest BCUT2D eigenvalue weighted by molar-refractivity contribution is 6.31. The number of hydrogen-bond acceptors (Lipinski definition) is 1. The molecule has 1 amide bonds. The van der Waals surface area contributed by atoms with Gasteiger partial charge in [-0.05, 0) is 55.8 Å². The van der Waals surface area contributed by atoms with Gasteiger partial charge in [0.1, 0.15) is 6.54 Å². The molecule has 1 heterocycles. The number of halogens is 1. The minimum atomic E-state index is 0.0746. The van der Waals surface area contributed by atoms with E-state index in [1.807, 2.05) is 78.0 Å². The summed E-state index contributed by atoms with van der Waals surface area (Å²) in [5.41, 5.74) is 3.11. The van der Waals surface area contributed by atoms with Gasteiger partial charge in [-0.15, -0.1) is 0 Å². The number of aryl methyl sites for hydroxylation is 1. The van der Waals surface area contributed by atoms with Crippen LogP contribution >= 0.6 is 11.6 Å². The Morgan fingerprint density at radius 1 is 1.17 bits per heavy atom. The maximum atomic E-state index is 12.7. The standard InChI is InChI=1S/C19H19ClN2O/c1-3-22(17-6-4-5-14(2)11-17)19(23)13-21-10-9-15-12-16(20)7-8-18(15)21/h4-12H,3,13H2,1-2H3. The molecule has 0 spiro atoms. The second-order valence-corrected chi connectivity index (χ2v) is 6.06. The molecule has 0 saturated heterocycles. The summed E-state index contributed by atoms with van der Waals surface area (Å²) in [4.78, 5) is 14.6. The van der Waals surface area contributed by atoms with E-state index in [4.69, 9.17) is 11.6 Å². The molecule has 0 aliphatic rings. The van der Waals surface area contributed by atoms with Crippen LogP contribution in [0.1, 0.15) is 12.5 Å². The molecule has 1 aromatic heterocycles. The molecule has 0 unspecified atom stereocenters. The van der Waals surface area contributed by atoms with Crippen LogP contribution in [0.15, 0.2) is 54.7 Å². The highest BCUT2D eigenvalue weighted by Crippen LogP contribution is 2.21. The zero-order chi connectivity index (χ0) is 16.4. The summed E-state index contributed by atoms with van der Waals surface area (Å²) in [7, 11) is 0. The van der Waals surface area contributed by atoms with Gasteiger partial charge in [0.25, 0.3) is 0 Å². The Bertz CT molecular complexity index is 853. The molecule has 23 heavy (non-hydrogen) atoms. The van der Waals surface area contributed by atoms with Gasteiger partial charge < -0.3 is 9.47 Å². The first-order valence-electron chi connectivity index (χ1n) is 7.70. The lowest BCUT2D eigenvalue weighted by Crippen LogP contribution is -2.33. The second kappa shape index (κ2) is 6.47. The Labute approximate surface area is 141 Å². The van der Waals surface area contributed by atoms with Crippen molar-refractivity contribution in [1.82, 2.24) is 4.57 Å². The number of carbonyl (C=O) groups is 1. The van der Waals surface area contributed by atoms with E-state index in [-0.39, 0.29) is 5.91 Å². The van der Waals surface area contributed by atoms with Gasteiger partial charge in [0.05, 0.1) is 0 Å². The molecule has 0 saturated carbocycles. The molecule has 0 radical (unpaired) electrons. The first kappa shape index (κ1) is 15.6. The van der Waals surface area contributed by atoms with E-state index in [2.05, 4.69) is 0 Å². The predicted molar refractivity (Wildman–Crippen MR) is 96.2 cm³/mol. The van der Waals surface area contributed by atoms with Crippen LogP contribution in [0.5, 0.6) is 0 Å². The van der Waals surface area contributed by atoms with Crippen LogP contribution in [0.2, 0.25) is 5.02 Å². The smallest absolute Gasteiger partial charge is 0.246 e. The van der Waals surface area contributed by atoms with E-state index < -0.39 is 0 Å². The van der Waals surface area contributed by atoms with Gasteiger partial charge in [0.15, 0.2) is 0 Å². The highest BCUT2D eigenvalue weighted by atomic mass is 35.5. The monoisotopic (exact) mass is 326 g/mol. The molecule has 0 atom stereocenters. The van der Waals surface area contributed by atoms with E-state index in [1.165, 1.54) is 0 Å². The lowest BCUT2D eigenvalue weighted by molar-refractivity contribution is -0.119. The van der Waals surface area contributed by atoms with Crippen molar-refractivity contribution in [1.29, 1.82) is 0 Å². The van der Waals surface area contributed by atoms with Crippen molar-refractivity contribution < 1.29 is 4.79 Å². The molecular formula is C19H19ClN2O. The number of aromatic nitrogens is 1. The molecule has 0 aliphatic carbocycles. The SMILES string of the molecule is CCN(C(=O)Cn1ccc2cc(Cl)ccc21)c1cccc(C)c1. The quantitative estimate of drug-likeness (QED) is 0.684. The van der Waals surface area contributed by atoms with Crippen LogP contribution in [0.3, 0.4) is 0 Å².